The van der Waals surface area contributed by atoms with Gasteiger partial charge in [-0.2, -0.15) is 0 Å². The molecule has 0 bridgehead atoms. The van der Waals surface area contributed by atoms with Gasteiger partial charge in [0.05, 0.1) is 15.9 Å². The highest BCUT2D eigenvalue weighted by Crippen LogP contribution is 2.46. The van der Waals surface area contributed by atoms with Crippen molar-refractivity contribution in [2.24, 2.45) is 0 Å². The van der Waals surface area contributed by atoms with Gasteiger partial charge in [-0.25, -0.2) is 4.98 Å². The van der Waals surface area contributed by atoms with E-state index < -0.39 is 0 Å². The first-order valence-electron chi connectivity index (χ1n) is 17.1. The van der Waals surface area contributed by atoms with Crippen LogP contribution in [0.25, 0.3) is 75.8 Å². The molecule has 0 unspecified atom stereocenters. The molecule has 0 aliphatic rings. The van der Waals surface area contributed by atoms with E-state index in [0.29, 0.717) is 0 Å². The topological polar surface area (TPSA) is 29.3 Å². The number of para-hydroxylation sites is 1. The molecule has 0 saturated carbocycles. The Morgan fingerprint density at radius 1 is 0.471 bits per heavy atom. The van der Waals surface area contributed by atoms with Crippen molar-refractivity contribution in [3.05, 3.63) is 182 Å². The molecule has 0 saturated heterocycles. The van der Waals surface area contributed by atoms with Gasteiger partial charge in [-0.3, -0.25) is 0 Å². The lowest BCUT2D eigenvalue weighted by Crippen LogP contribution is -2.11. The van der Waals surface area contributed by atoms with Crippen LogP contribution in [0.15, 0.2) is 186 Å². The second-order valence-corrected chi connectivity index (χ2v) is 13.7. The number of nitrogens with zero attached hydrogens (tertiary/aromatic N) is 2. The molecule has 0 amide bonds. The van der Waals surface area contributed by atoms with E-state index in [9.17, 15) is 0 Å². The van der Waals surface area contributed by atoms with Crippen molar-refractivity contribution in [2.75, 3.05) is 4.90 Å². The van der Waals surface area contributed by atoms with E-state index >= 15 is 0 Å². The van der Waals surface area contributed by atoms with E-state index in [0.717, 1.165) is 65.4 Å². The van der Waals surface area contributed by atoms with Gasteiger partial charge in [0.1, 0.15) is 16.2 Å². The van der Waals surface area contributed by atoms with Gasteiger partial charge in [-0.15, -0.1) is 11.3 Å². The van der Waals surface area contributed by atoms with Gasteiger partial charge < -0.3 is 9.32 Å². The fraction of sp³-hybridized carbons (Fsp3) is 0. The summed E-state index contributed by atoms with van der Waals surface area (Å²) in [6, 6.07) is 64.5. The van der Waals surface area contributed by atoms with Crippen LogP contribution in [-0.2, 0) is 0 Å². The fourth-order valence-electron chi connectivity index (χ4n) is 7.30. The highest BCUT2D eigenvalue weighted by molar-refractivity contribution is 7.22. The van der Waals surface area contributed by atoms with E-state index in [-0.39, 0.29) is 0 Å². The average molecular weight is 671 g/mol. The number of aromatic nitrogens is 1. The van der Waals surface area contributed by atoms with E-state index in [4.69, 9.17) is 9.40 Å². The maximum atomic E-state index is 6.49. The molecular weight excluding hydrogens is 641 g/mol. The predicted molar refractivity (Wildman–Crippen MR) is 215 cm³/mol. The van der Waals surface area contributed by atoms with Crippen LogP contribution in [0.5, 0.6) is 0 Å². The third-order valence-electron chi connectivity index (χ3n) is 9.71. The Balaban J connectivity index is 1.20. The molecular formula is C47H30N2OS. The number of hydrogen-bond acceptors (Lipinski definition) is 4. The van der Waals surface area contributed by atoms with Crippen molar-refractivity contribution >= 4 is 71.3 Å². The summed E-state index contributed by atoms with van der Waals surface area (Å²) in [5, 5.41) is 5.63. The molecule has 2 heterocycles. The Bertz CT molecular complexity index is 2850. The molecule has 240 valence electrons. The molecule has 0 aliphatic carbocycles. The highest BCUT2D eigenvalue weighted by atomic mass is 32.1. The van der Waals surface area contributed by atoms with Crippen molar-refractivity contribution in [1.29, 1.82) is 0 Å². The molecule has 2 aromatic heterocycles. The first kappa shape index (κ1) is 29.4. The van der Waals surface area contributed by atoms with Crippen LogP contribution in [0.4, 0.5) is 17.1 Å². The molecule has 3 nitrogen and oxygen atoms in total. The lowest BCUT2D eigenvalue weighted by molar-refractivity contribution is 0.669. The van der Waals surface area contributed by atoms with Crippen molar-refractivity contribution in [1.82, 2.24) is 4.98 Å². The third-order valence-corrected chi connectivity index (χ3v) is 10.8. The number of benzene rings is 8. The van der Waals surface area contributed by atoms with Crippen LogP contribution < -0.4 is 4.90 Å². The SMILES string of the molecule is c1ccc(-c2ccc(N(c3ccc4oc5ccc6nc(-c7ccccc7)sc6c5c4c3)c3ccccc3-c3cccc4ccccc34)cc2)cc1. The Morgan fingerprint density at radius 2 is 1.12 bits per heavy atom. The summed E-state index contributed by atoms with van der Waals surface area (Å²) in [7, 11) is 0. The molecule has 0 radical (unpaired) electrons. The van der Waals surface area contributed by atoms with E-state index in [2.05, 4.69) is 181 Å². The number of thiazole rings is 1. The van der Waals surface area contributed by atoms with Crippen LogP contribution in [-0.4, -0.2) is 4.98 Å². The van der Waals surface area contributed by atoms with Crippen LogP contribution in [0.3, 0.4) is 0 Å². The first-order chi connectivity index (χ1) is 25.3. The Labute approximate surface area is 299 Å². The Hall–Kier alpha value is -6.49. The summed E-state index contributed by atoms with van der Waals surface area (Å²) in [4.78, 5) is 7.42. The molecule has 51 heavy (non-hydrogen) atoms. The second kappa shape index (κ2) is 12.1. The second-order valence-electron chi connectivity index (χ2n) is 12.7. The van der Waals surface area contributed by atoms with Crippen molar-refractivity contribution < 1.29 is 4.42 Å². The standard InChI is InChI=1S/C47H30N2OS/c1-3-12-31(13-4-1)32-22-24-35(25-23-32)49(42-21-10-9-19-39(42)38-20-11-17-33-14-7-8-18-37(33)38)36-26-28-43-40(30-36)45-44(50-43)29-27-41-46(45)51-47(48-41)34-15-5-2-6-16-34/h1-30H. The van der Waals surface area contributed by atoms with Gasteiger partial charge in [0.15, 0.2) is 0 Å². The van der Waals surface area contributed by atoms with Crippen LogP contribution >= 0.6 is 11.3 Å². The van der Waals surface area contributed by atoms with E-state index in [1.54, 1.807) is 11.3 Å². The Morgan fingerprint density at radius 3 is 1.96 bits per heavy atom. The lowest BCUT2D eigenvalue weighted by Gasteiger charge is -2.28. The molecule has 4 heteroatoms. The number of hydrogen-bond donors (Lipinski definition) is 0. The zero-order valence-corrected chi connectivity index (χ0v) is 28.3. The molecule has 0 N–H and O–H groups in total. The molecule has 8 aromatic carbocycles. The van der Waals surface area contributed by atoms with Crippen molar-refractivity contribution in [2.45, 2.75) is 0 Å². The summed E-state index contributed by atoms with van der Waals surface area (Å²) < 4.78 is 7.62. The highest BCUT2D eigenvalue weighted by Gasteiger charge is 2.21. The van der Waals surface area contributed by atoms with Crippen molar-refractivity contribution in [3.8, 4) is 32.8 Å². The Kier molecular flexibility index (Phi) is 7.00. The molecule has 0 atom stereocenters. The first-order valence-corrected chi connectivity index (χ1v) is 17.9. The van der Waals surface area contributed by atoms with Gasteiger partial charge >= 0.3 is 0 Å². The molecule has 10 rings (SSSR count). The van der Waals surface area contributed by atoms with Gasteiger partial charge in [0, 0.05) is 33.3 Å². The summed E-state index contributed by atoms with van der Waals surface area (Å²) in [6.45, 7) is 0. The zero-order valence-electron chi connectivity index (χ0n) is 27.5. The zero-order chi connectivity index (χ0) is 33.7. The molecule has 0 spiro atoms. The third kappa shape index (κ3) is 5.08. The minimum atomic E-state index is 0.859. The van der Waals surface area contributed by atoms with Crippen LogP contribution in [0.2, 0.25) is 0 Å². The van der Waals surface area contributed by atoms with Crippen molar-refractivity contribution in [3.63, 3.8) is 0 Å². The molecule has 10 aromatic rings. The van der Waals surface area contributed by atoms with Gasteiger partial charge in [-0.05, 0) is 76.0 Å². The smallest absolute Gasteiger partial charge is 0.137 e. The monoisotopic (exact) mass is 670 g/mol. The summed E-state index contributed by atoms with van der Waals surface area (Å²) in [6.07, 6.45) is 0. The summed E-state index contributed by atoms with van der Waals surface area (Å²) in [5.74, 6) is 0. The van der Waals surface area contributed by atoms with Crippen LogP contribution in [0, 0.1) is 0 Å². The maximum Gasteiger partial charge on any atom is 0.137 e. The minimum Gasteiger partial charge on any atom is -0.456 e. The molecule has 0 fully saturated rings. The quantitative estimate of drug-likeness (QED) is 0.176. The average Bonchev–Trinajstić information content (AvgIpc) is 3.81. The van der Waals surface area contributed by atoms with Crippen LogP contribution in [0.1, 0.15) is 0 Å². The predicted octanol–water partition coefficient (Wildman–Crippen LogP) is 13.8. The number of anilines is 3. The number of rotatable bonds is 6. The largest absolute Gasteiger partial charge is 0.456 e. The fourth-order valence-corrected chi connectivity index (χ4v) is 8.42. The molecule has 0 aliphatic heterocycles. The normalized spacial score (nSPS) is 11.5. The maximum absolute atomic E-state index is 6.49. The number of fused-ring (bicyclic) bond motifs is 6. The minimum absolute atomic E-state index is 0.859. The lowest BCUT2D eigenvalue weighted by atomic mass is 9.96. The van der Waals surface area contributed by atoms with E-state index in [1.807, 2.05) is 6.07 Å². The summed E-state index contributed by atoms with van der Waals surface area (Å²) in [5.41, 5.74) is 11.8. The van der Waals surface area contributed by atoms with Gasteiger partial charge in [0.2, 0.25) is 0 Å². The van der Waals surface area contributed by atoms with Gasteiger partial charge in [0.25, 0.3) is 0 Å². The summed E-state index contributed by atoms with van der Waals surface area (Å²) >= 11 is 1.72. The van der Waals surface area contributed by atoms with Gasteiger partial charge in [-0.1, -0.05) is 133 Å². The number of furan rings is 1. The van der Waals surface area contributed by atoms with E-state index in [1.165, 1.54) is 27.5 Å².